The van der Waals surface area contributed by atoms with E-state index in [9.17, 15) is 93.9 Å². The number of nitro groups is 1. The molecule has 312 valence electrons. The largest absolute Gasteiger partial charge is 0.490 e. The third-order valence-electron chi connectivity index (χ3n) is 7.22. The second kappa shape index (κ2) is 16.9. The number of halogens is 18. The number of esters is 1. The molecule has 25 heteroatoms. The highest BCUT2D eigenvalue weighted by atomic mass is 19.4. The topological polar surface area (TPSA) is 87.9 Å². The molecule has 0 heterocycles. The van der Waals surface area contributed by atoms with Gasteiger partial charge in [0.25, 0.3) is 5.69 Å². The van der Waals surface area contributed by atoms with Crippen LogP contribution in [0, 0.1) is 16.0 Å². The van der Waals surface area contributed by atoms with Crippen molar-refractivity contribution in [1.29, 1.82) is 0 Å². The van der Waals surface area contributed by atoms with Gasteiger partial charge in [0, 0.05) is 19.3 Å². The number of alkyl halides is 18. The lowest BCUT2D eigenvalue weighted by Crippen LogP contribution is -2.60. The van der Waals surface area contributed by atoms with E-state index < -0.39 is 132 Å². The zero-order valence-corrected chi connectivity index (χ0v) is 27.5. The minimum atomic E-state index is -7.23. The summed E-state index contributed by atoms with van der Waals surface area (Å²) in [6.45, 7) is 3.36. The molecule has 0 amide bonds. The molecule has 1 atom stereocenters. The Morgan fingerprint density at radius 3 is 1.44 bits per heavy atom. The zero-order chi connectivity index (χ0) is 42.5. The molecule has 0 saturated carbocycles. The van der Waals surface area contributed by atoms with Gasteiger partial charge in [-0.2, -0.15) is 79.0 Å². The molecule has 0 aromatic heterocycles. The number of hydrogen-bond donors (Lipinski definition) is 0. The Labute approximate surface area is 292 Å². The van der Waals surface area contributed by atoms with Gasteiger partial charge in [-0.3, -0.25) is 14.9 Å². The number of ether oxygens (including phenoxy) is 3. The van der Waals surface area contributed by atoms with E-state index in [2.05, 4.69) is 6.58 Å². The van der Waals surface area contributed by atoms with Crippen molar-refractivity contribution in [1.82, 2.24) is 0 Å². The van der Waals surface area contributed by atoms with E-state index in [1.165, 1.54) is 19.9 Å². The molecular weight excluding hydrogens is 800 g/mol. The average molecular weight is 830 g/mol. The molecule has 7 nitrogen and oxygen atoms in total. The van der Waals surface area contributed by atoms with Gasteiger partial charge in [0.05, 0.1) is 29.8 Å². The van der Waals surface area contributed by atoms with Crippen LogP contribution < -0.4 is 9.47 Å². The number of carbonyl (C=O) groups excluding carboxylic acids is 1. The van der Waals surface area contributed by atoms with Crippen molar-refractivity contribution in [3.05, 3.63) is 40.5 Å². The van der Waals surface area contributed by atoms with Gasteiger partial charge in [0.15, 0.2) is 11.5 Å². The van der Waals surface area contributed by atoms with E-state index in [4.69, 9.17) is 14.2 Å². The lowest BCUT2D eigenvalue weighted by molar-refractivity contribution is -0.396. The molecule has 0 N–H and O–H groups in total. The third-order valence-corrected chi connectivity index (χ3v) is 7.22. The Bertz CT molecular complexity index is 1460. The van der Waals surface area contributed by atoms with Crippen molar-refractivity contribution in [3.63, 3.8) is 0 Å². The summed E-state index contributed by atoms with van der Waals surface area (Å²) in [7, 11) is 0. The van der Waals surface area contributed by atoms with Crippen LogP contribution in [0.1, 0.15) is 64.0 Å². The number of allylic oxidation sites excluding steroid dienone is 1. The van der Waals surface area contributed by atoms with Crippen LogP contribution in [0.25, 0.3) is 0 Å². The van der Waals surface area contributed by atoms with Crippen molar-refractivity contribution < 1.29 is 103 Å². The monoisotopic (exact) mass is 829 g/mol. The minimum absolute atomic E-state index is 0.0459. The van der Waals surface area contributed by atoms with E-state index in [-0.39, 0.29) is 12.8 Å². The van der Waals surface area contributed by atoms with E-state index in [0.29, 0.717) is 12.1 Å². The van der Waals surface area contributed by atoms with Crippen LogP contribution in [-0.4, -0.2) is 72.0 Å². The Balaban J connectivity index is 3.53. The van der Waals surface area contributed by atoms with Crippen molar-refractivity contribution in [2.75, 3.05) is 13.2 Å². The van der Waals surface area contributed by atoms with Gasteiger partial charge >= 0.3 is 53.9 Å². The Morgan fingerprint density at radius 2 is 1.11 bits per heavy atom. The molecule has 0 aliphatic carbocycles. The highest BCUT2D eigenvalue weighted by Crippen LogP contribution is 2.55. The number of hydrogen-bond acceptors (Lipinski definition) is 6. The number of benzene rings is 1. The number of nitrogens with zero attached hydrogens (tertiary/aromatic N) is 1. The number of carbonyl (C=O) groups is 1. The van der Waals surface area contributed by atoms with Crippen molar-refractivity contribution in [3.8, 4) is 11.5 Å². The molecule has 1 unspecified atom stereocenters. The molecule has 1 rings (SSSR count). The van der Waals surface area contributed by atoms with Gasteiger partial charge in [-0.1, -0.05) is 19.9 Å². The van der Waals surface area contributed by atoms with Crippen molar-refractivity contribution in [2.45, 2.75) is 106 Å². The van der Waals surface area contributed by atoms with Gasteiger partial charge in [-0.05, 0) is 31.2 Å². The lowest BCUT2D eigenvalue weighted by atomic mass is 9.96. The smallest absolute Gasteiger partial charge is 0.460 e. The second-order valence-corrected chi connectivity index (χ2v) is 11.7. The average Bonchev–Trinajstić information content (AvgIpc) is 3.01. The quantitative estimate of drug-likeness (QED) is 0.0306. The Hall–Kier alpha value is -3.83. The molecule has 0 saturated heterocycles. The highest BCUT2D eigenvalue weighted by Gasteiger charge is 2.82. The zero-order valence-electron chi connectivity index (χ0n) is 27.5. The summed E-state index contributed by atoms with van der Waals surface area (Å²) < 4.78 is 253. The van der Waals surface area contributed by atoms with E-state index in [1.54, 1.807) is 0 Å². The van der Waals surface area contributed by atoms with Crippen molar-refractivity contribution in [2.24, 2.45) is 5.92 Å². The summed E-state index contributed by atoms with van der Waals surface area (Å²) in [5, 5.41) is 11.9. The van der Waals surface area contributed by atoms with E-state index in [1.807, 2.05) is 0 Å². The predicted octanol–water partition coefficient (Wildman–Crippen LogP) is 11.1. The van der Waals surface area contributed by atoms with Gasteiger partial charge in [0.2, 0.25) is 0 Å². The molecule has 0 bridgehead atoms. The summed E-state index contributed by atoms with van der Waals surface area (Å²) in [5.41, 5.74) is -1.64. The molecular formula is C29H29F18NO6. The van der Waals surface area contributed by atoms with Gasteiger partial charge < -0.3 is 14.2 Å². The number of nitro benzene ring substituents is 1. The third kappa shape index (κ3) is 10.3. The standard InChI is InChI=1S/C29H29F18NO6/c1-4-5-8-20(49)54-21(15(2)3)16-13-18(52-11-6-9-22(30,31)24(34,35)26(38,39)28(42,43)44)19(14-17(16)48(50)51)53-12-7-10-23(32,33)25(36,37)27(40,41)29(45,46)47/h4,13-15,21H,1,5-12H2,2-3H3. The van der Waals surface area contributed by atoms with Crippen LogP contribution in [0.4, 0.5) is 84.7 Å². The van der Waals surface area contributed by atoms with Crippen LogP contribution in [0.3, 0.4) is 0 Å². The fourth-order valence-corrected chi connectivity index (χ4v) is 4.24. The molecule has 1 aromatic carbocycles. The summed E-state index contributed by atoms with van der Waals surface area (Å²) in [6, 6.07) is 0.949. The molecule has 0 fully saturated rings. The summed E-state index contributed by atoms with van der Waals surface area (Å²) in [5.74, 6) is -44.4. The van der Waals surface area contributed by atoms with Gasteiger partial charge in [-0.25, -0.2) is 0 Å². The molecule has 0 radical (unpaired) electrons. The fourth-order valence-electron chi connectivity index (χ4n) is 4.24. The Kier molecular flexibility index (Phi) is 15.1. The van der Waals surface area contributed by atoms with Crippen LogP contribution in [0.15, 0.2) is 24.8 Å². The van der Waals surface area contributed by atoms with Gasteiger partial charge in [0.1, 0.15) is 6.10 Å². The van der Waals surface area contributed by atoms with Crippen molar-refractivity contribution >= 4 is 11.7 Å². The molecule has 0 aliphatic heterocycles. The van der Waals surface area contributed by atoms with Crippen LogP contribution in [0.5, 0.6) is 11.5 Å². The fraction of sp³-hybridized carbons (Fsp3) is 0.690. The Morgan fingerprint density at radius 1 is 0.722 bits per heavy atom. The molecule has 1 aromatic rings. The molecule has 0 aliphatic rings. The van der Waals surface area contributed by atoms with Crippen LogP contribution in [-0.2, 0) is 9.53 Å². The summed E-state index contributed by atoms with van der Waals surface area (Å²) in [4.78, 5) is 23.1. The molecule has 0 spiro atoms. The second-order valence-electron chi connectivity index (χ2n) is 11.7. The summed E-state index contributed by atoms with van der Waals surface area (Å²) in [6.07, 6.45) is -22.7. The first kappa shape index (κ1) is 48.2. The highest BCUT2D eigenvalue weighted by molar-refractivity contribution is 5.70. The maximum Gasteiger partial charge on any atom is 0.460 e. The number of rotatable bonds is 21. The first-order chi connectivity index (χ1) is 24.1. The molecule has 54 heavy (non-hydrogen) atoms. The maximum absolute atomic E-state index is 14.0. The normalized spacial score (nSPS) is 14.5. The van der Waals surface area contributed by atoms with Gasteiger partial charge in [-0.15, -0.1) is 6.58 Å². The first-order valence-corrected chi connectivity index (χ1v) is 14.9. The van der Waals surface area contributed by atoms with Crippen LogP contribution >= 0.6 is 0 Å². The predicted molar refractivity (Wildman–Crippen MR) is 147 cm³/mol. The maximum atomic E-state index is 14.0. The minimum Gasteiger partial charge on any atom is -0.490 e. The van der Waals surface area contributed by atoms with E-state index >= 15 is 0 Å². The van der Waals surface area contributed by atoms with E-state index in [0.717, 1.165) is 0 Å². The SMILES string of the molecule is C=CCCC(=O)OC(c1cc(OCCCC(F)(F)C(F)(F)C(F)(F)C(F)(F)F)c(OCCCC(F)(F)C(F)(F)C(F)(F)C(F)(F)F)cc1[N+](=O)[O-])C(C)C. The lowest BCUT2D eigenvalue weighted by Gasteiger charge is -2.33. The van der Waals surface area contributed by atoms with Crippen LogP contribution in [0.2, 0.25) is 0 Å². The summed E-state index contributed by atoms with van der Waals surface area (Å²) >= 11 is 0. The first-order valence-electron chi connectivity index (χ1n) is 14.9.